The van der Waals surface area contributed by atoms with Crippen LogP contribution in [0.15, 0.2) is 42.5 Å². The number of thiazole rings is 1. The molecule has 6 nitrogen and oxygen atoms in total. The largest absolute Gasteiger partial charge is 0.356 e. The first-order valence-corrected chi connectivity index (χ1v) is 14.3. The van der Waals surface area contributed by atoms with Crippen LogP contribution >= 0.6 is 11.3 Å². The minimum Gasteiger partial charge on any atom is -0.356 e. The normalized spacial score (nSPS) is 19.6. The Morgan fingerprint density at radius 1 is 1.06 bits per heavy atom. The molecule has 1 amide bonds. The molecule has 5 rings (SSSR count). The molecule has 1 atom stereocenters. The molecule has 0 radical (unpaired) electrons. The van der Waals surface area contributed by atoms with Gasteiger partial charge in [0.25, 0.3) is 0 Å². The van der Waals surface area contributed by atoms with Crippen molar-refractivity contribution in [1.82, 2.24) is 20.1 Å². The number of anilines is 1. The third kappa shape index (κ3) is 6.25. The van der Waals surface area contributed by atoms with E-state index in [1.54, 1.807) is 11.3 Å². The Labute approximate surface area is 219 Å². The summed E-state index contributed by atoms with van der Waals surface area (Å²) in [5, 5.41) is 4.29. The number of carbonyl (C=O) groups is 1. The number of hydrogen-bond donors (Lipinski definition) is 1. The van der Waals surface area contributed by atoms with Gasteiger partial charge in [-0.2, -0.15) is 0 Å². The van der Waals surface area contributed by atoms with Crippen molar-refractivity contribution in [3.63, 3.8) is 0 Å². The number of hydrogen-bond acceptors (Lipinski definition) is 6. The summed E-state index contributed by atoms with van der Waals surface area (Å²) in [5.41, 5.74) is 5.01. The first-order chi connectivity index (χ1) is 17.5. The molecule has 1 aromatic heterocycles. The van der Waals surface area contributed by atoms with Crippen LogP contribution in [0.3, 0.4) is 0 Å². The van der Waals surface area contributed by atoms with E-state index in [0.717, 1.165) is 88.8 Å². The molecule has 1 N–H and O–H groups in total. The maximum Gasteiger partial charge on any atom is 0.224 e. The minimum atomic E-state index is 0.0510. The molecular formula is C29H39N5OS. The molecule has 0 bridgehead atoms. The number of aromatic nitrogens is 1. The van der Waals surface area contributed by atoms with Crippen molar-refractivity contribution >= 4 is 32.6 Å². The molecule has 2 aliphatic rings. The molecular weight excluding hydrogens is 466 g/mol. The highest BCUT2D eigenvalue weighted by Gasteiger charge is 2.27. The van der Waals surface area contributed by atoms with Crippen molar-refractivity contribution < 1.29 is 4.79 Å². The Balaban J connectivity index is 1.03. The van der Waals surface area contributed by atoms with E-state index in [0.29, 0.717) is 0 Å². The van der Waals surface area contributed by atoms with Gasteiger partial charge in [-0.15, -0.1) is 0 Å². The molecule has 3 aromatic rings. The summed E-state index contributed by atoms with van der Waals surface area (Å²) < 4.78 is 1.25. The number of amides is 1. The lowest BCUT2D eigenvalue weighted by molar-refractivity contribution is -0.125. The summed E-state index contributed by atoms with van der Waals surface area (Å²) >= 11 is 1.76. The van der Waals surface area contributed by atoms with Gasteiger partial charge in [0.15, 0.2) is 5.13 Å². The van der Waals surface area contributed by atoms with Crippen molar-refractivity contribution in [3.8, 4) is 0 Å². The summed E-state index contributed by atoms with van der Waals surface area (Å²) in [5.74, 6) is 0.260. The van der Waals surface area contributed by atoms with E-state index in [1.165, 1.54) is 21.4 Å². The molecule has 0 saturated carbocycles. The van der Waals surface area contributed by atoms with Gasteiger partial charge in [0.05, 0.1) is 16.1 Å². The van der Waals surface area contributed by atoms with Gasteiger partial charge in [-0.3, -0.25) is 9.69 Å². The van der Waals surface area contributed by atoms with E-state index >= 15 is 0 Å². The molecule has 0 aliphatic carbocycles. The SMILES string of the molecule is Cc1cc(C)c2nc(N3CCC[C@H](C(=O)NCCCN4CCN(Cc5ccccc5)CC4)C3)sc2c1. The maximum absolute atomic E-state index is 12.9. The van der Waals surface area contributed by atoms with E-state index < -0.39 is 0 Å². The van der Waals surface area contributed by atoms with Gasteiger partial charge in [-0.05, 0) is 62.4 Å². The molecule has 192 valence electrons. The van der Waals surface area contributed by atoms with Crippen LogP contribution in [0.25, 0.3) is 10.2 Å². The number of carbonyl (C=O) groups excluding carboxylic acids is 1. The van der Waals surface area contributed by atoms with Crippen LogP contribution in [0.5, 0.6) is 0 Å². The lowest BCUT2D eigenvalue weighted by Gasteiger charge is -2.35. The van der Waals surface area contributed by atoms with Gasteiger partial charge < -0.3 is 15.1 Å². The first-order valence-electron chi connectivity index (χ1n) is 13.4. The first kappa shape index (κ1) is 25.2. The van der Waals surface area contributed by atoms with Crippen LogP contribution in [-0.2, 0) is 11.3 Å². The summed E-state index contributed by atoms with van der Waals surface area (Å²) in [6, 6.07) is 15.2. The Hall–Kier alpha value is -2.48. The monoisotopic (exact) mass is 505 g/mol. The number of nitrogens with zero attached hydrogens (tertiary/aromatic N) is 4. The lowest BCUT2D eigenvalue weighted by Crippen LogP contribution is -2.47. The molecule has 36 heavy (non-hydrogen) atoms. The van der Waals surface area contributed by atoms with Crippen molar-refractivity contribution in [2.75, 3.05) is 57.3 Å². The zero-order chi connectivity index (χ0) is 24.9. The van der Waals surface area contributed by atoms with E-state index in [-0.39, 0.29) is 11.8 Å². The summed E-state index contributed by atoms with van der Waals surface area (Å²) in [6.45, 7) is 13.3. The minimum absolute atomic E-state index is 0.0510. The second-order valence-corrected chi connectivity index (χ2v) is 11.5. The van der Waals surface area contributed by atoms with Crippen LogP contribution in [-0.4, -0.2) is 73.0 Å². The van der Waals surface area contributed by atoms with Crippen molar-refractivity contribution in [1.29, 1.82) is 0 Å². The topological polar surface area (TPSA) is 51.7 Å². The van der Waals surface area contributed by atoms with E-state index in [4.69, 9.17) is 4.98 Å². The van der Waals surface area contributed by atoms with E-state index in [2.05, 4.69) is 76.3 Å². The highest BCUT2D eigenvalue weighted by molar-refractivity contribution is 7.22. The molecule has 7 heteroatoms. The predicted molar refractivity (Wildman–Crippen MR) is 150 cm³/mol. The quantitative estimate of drug-likeness (QED) is 0.459. The zero-order valence-corrected chi connectivity index (χ0v) is 22.5. The highest BCUT2D eigenvalue weighted by atomic mass is 32.1. The van der Waals surface area contributed by atoms with Crippen LogP contribution in [0.2, 0.25) is 0 Å². The average molecular weight is 506 g/mol. The van der Waals surface area contributed by atoms with Crippen molar-refractivity contribution in [2.45, 2.75) is 39.7 Å². The smallest absolute Gasteiger partial charge is 0.224 e. The molecule has 3 heterocycles. The summed E-state index contributed by atoms with van der Waals surface area (Å²) in [4.78, 5) is 25.3. The number of nitrogens with one attached hydrogen (secondary N) is 1. The highest BCUT2D eigenvalue weighted by Crippen LogP contribution is 2.33. The summed E-state index contributed by atoms with van der Waals surface area (Å²) in [6.07, 6.45) is 3.02. The Morgan fingerprint density at radius 3 is 2.64 bits per heavy atom. The Kier molecular flexibility index (Phi) is 8.19. The van der Waals surface area contributed by atoms with Crippen LogP contribution < -0.4 is 10.2 Å². The third-order valence-corrected chi connectivity index (χ3v) is 8.61. The Morgan fingerprint density at radius 2 is 1.83 bits per heavy atom. The van der Waals surface area contributed by atoms with Crippen LogP contribution in [0, 0.1) is 19.8 Å². The molecule has 2 aliphatic heterocycles. The number of piperazine rings is 1. The Bertz CT molecular complexity index is 1160. The number of rotatable bonds is 8. The number of benzene rings is 2. The second kappa shape index (κ2) is 11.7. The fourth-order valence-corrected chi connectivity index (χ4v) is 6.71. The molecule has 2 saturated heterocycles. The fraction of sp³-hybridized carbons (Fsp3) is 0.517. The van der Waals surface area contributed by atoms with Crippen molar-refractivity contribution in [2.24, 2.45) is 5.92 Å². The van der Waals surface area contributed by atoms with Gasteiger partial charge in [-0.1, -0.05) is 47.7 Å². The zero-order valence-electron chi connectivity index (χ0n) is 21.7. The van der Waals surface area contributed by atoms with Gasteiger partial charge in [-0.25, -0.2) is 4.98 Å². The van der Waals surface area contributed by atoms with Crippen molar-refractivity contribution in [3.05, 3.63) is 59.2 Å². The predicted octanol–water partition coefficient (Wildman–Crippen LogP) is 4.45. The molecule has 0 unspecified atom stereocenters. The van der Waals surface area contributed by atoms with Gasteiger partial charge in [0.1, 0.15) is 0 Å². The average Bonchev–Trinajstić information content (AvgIpc) is 3.33. The van der Waals surface area contributed by atoms with Gasteiger partial charge in [0.2, 0.25) is 5.91 Å². The lowest BCUT2D eigenvalue weighted by atomic mass is 9.97. The fourth-order valence-electron chi connectivity index (χ4n) is 5.53. The van der Waals surface area contributed by atoms with Gasteiger partial charge in [0, 0.05) is 52.4 Å². The standard InChI is InChI=1S/C29H39N5OS/c1-22-18-23(2)27-26(19-22)36-29(31-27)34-13-6-10-25(21-34)28(35)30-11-7-12-32-14-16-33(17-15-32)20-24-8-4-3-5-9-24/h3-5,8-9,18-19,25H,6-7,10-17,20-21H2,1-2H3,(H,30,35)/t25-/m0/s1. The van der Waals surface area contributed by atoms with Gasteiger partial charge >= 0.3 is 0 Å². The number of fused-ring (bicyclic) bond motifs is 1. The number of aryl methyl sites for hydroxylation is 2. The molecule has 2 aromatic carbocycles. The number of piperidine rings is 1. The second-order valence-electron chi connectivity index (χ2n) is 10.5. The molecule has 0 spiro atoms. The molecule has 2 fully saturated rings. The van der Waals surface area contributed by atoms with Crippen LogP contribution in [0.1, 0.15) is 36.0 Å². The summed E-state index contributed by atoms with van der Waals surface area (Å²) in [7, 11) is 0. The third-order valence-electron chi connectivity index (χ3n) is 7.55. The van der Waals surface area contributed by atoms with Crippen LogP contribution in [0.4, 0.5) is 5.13 Å². The maximum atomic E-state index is 12.9. The van der Waals surface area contributed by atoms with E-state index in [1.807, 2.05) is 0 Å². The van der Waals surface area contributed by atoms with E-state index in [9.17, 15) is 4.79 Å².